The maximum absolute atomic E-state index is 13.3. The van der Waals surface area contributed by atoms with E-state index in [0.29, 0.717) is 40.5 Å². The molecule has 0 amide bonds. The fourth-order valence-corrected chi connectivity index (χ4v) is 4.57. The van der Waals surface area contributed by atoms with Gasteiger partial charge in [0.25, 0.3) is 0 Å². The molecule has 0 spiro atoms. The summed E-state index contributed by atoms with van der Waals surface area (Å²) in [5, 5.41) is 3.30. The zero-order chi connectivity index (χ0) is 22.8. The summed E-state index contributed by atoms with van der Waals surface area (Å²) in [5.74, 6) is 1.04. The number of carbonyl (C=O) groups excluding carboxylic acids is 2. The Labute approximate surface area is 192 Å². The molecule has 0 saturated carbocycles. The topological polar surface area (TPSA) is 83.1 Å². The Bertz CT molecular complexity index is 1150. The minimum atomic E-state index is -0.522. The van der Waals surface area contributed by atoms with Crippen molar-refractivity contribution in [1.29, 1.82) is 0 Å². The molecule has 1 aliphatic carbocycles. The Balaban J connectivity index is 1.40. The molecule has 1 N–H and O–H groups in total. The van der Waals surface area contributed by atoms with E-state index in [2.05, 4.69) is 5.32 Å². The van der Waals surface area contributed by atoms with Crippen LogP contribution in [0.15, 0.2) is 71.1 Å². The van der Waals surface area contributed by atoms with Crippen LogP contribution in [-0.2, 0) is 14.3 Å². The Kier molecular flexibility index (Phi) is 5.77. The number of rotatable bonds is 6. The summed E-state index contributed by atoms with van der Waals surface area (Å²) in [6, 6.07) is 14.9. The summed E-state index contributed by atoms with van der Waals surface area (Å²) in [7, 11) is 0. The van der Waals surface area contributed by atoms with Crippen molar-refractivity contribution in [3.05, 3.63) is 76.6 Å². The molecule has 2 aliphatic heterocycles. The van der Waals surface area contributed by atoms with Crippen molar-refractivity contribution in [1.82, 2.24) is 5.32 Å². The molecule has 0 aromatic heterocycles. The minimum absolute atomic E-state index is 0.0524. The second-order valence-electron chi connectivity index (χ2n) is 8.18. The summed E-state index contributed by atoms with van der Waals surface area (Å²) < 4.78 is 22.2. The van der Waals surface area contributed by atoms with E-state index in [4.69, 9.17) is 18.9 Å². The minimum Gasteiger partial charge on any atom is -0.490 e. The number of para-hydroxylation sites is 1. The molecule has 2 aromatic rings. The van der Waals surface area contributed by atoms with E-state index < -0.39 is 11.9 Å². The number of dihydropyridines is 1. The highest BCUT2D eigenvalue weighted by atomic mass is 16.7. The summed E-state index contributed by atoms with van der Waals surface area (Å²) in [4.78, 5) is 26.2. The van der Waals surface area contributed by atoms with Gasteiger partial charge >= 0.3 is 5.97 Å². The molecule has 7 heteroatoms. The first-order chi connectivity index (χ1) is 16.1. The van der Waals surface area contributed by atoms with Gasteiger partial charge in [0.1, 0.15) is 19.0 Å². The van der Waals surface area contributed by atoms with Gasteiger partial charge in [0.05, 0.1) is 5.57 Å². The van der Waals surface area contributed by atoms with E-state index in [-0.39, 0.29) is 25.8 Å². The lowest BCUT2D eigenvalue weighted by Crippen LogP contribution is -2.34. The van der Waals surface area contributed by atoms with Crippen molar-refractivity contribution in [3.8, 4) is 17.2 Å². The number of fused-ring (bicyclic) bond motifs is 1. The Morgan fingerprint density at radius 1 is 1.06 bits per heavy atom. The molecule has 33 heavy (non-hydrogen) atoms. The quantitative estimate of drug-likeness (QED) is 0.529. The highest BCUT2D eigenvalue weighted by Gasteiger charge is 2.39. The van der Waals surface area contributed by atoms with Gasteiger partial charge in [0, 0.05) is 29.3 Å². The molecule has 3 aliphatic rings. The van der Waals surface area contributed by atoms with E-state index in [1.165, 1.54) is 0 Å². The van der Waals surface area contributed by atoms with E-state index in [1.54, 1.807) is 0 Å². The zero-order valence-electron chi connectivity index (χ0n) is 18.4. The molecular formula is C26H25NO6. The van der Waals surface area contributed by atoms with Crippen LogP contribution in [0.3, 0.4) is 0 Å². The maximum Gasteiger partial charge on any atom is 0.336 e. The van der Waals surface area contributed by atoms with E-state index in [1.807, 2.05) is 55.5 Å². The van der Waals surface area contributed by atoms with Crippen LogP contribution in [0.4, 0.5) is 0 Å². The molecule has 170 valence electrons. The molecule has 0 saturated heterocycles. The largest absolute Gasteiger partial charge is 0.490 e. The lowest BCUT2D eigenvalue weighted by atomic mass is 9.75. The van der Waals surface area contributed by atoms with Gasteiger partial charge in [-0.3, -0.25) is 4.79 Å². The van der Waals surface area contributed by atoms with Crippen molar-refractivity contribution in [2.75, 3.05) is 20.0 Å². The van der Waals surface area contributed by atoms with Gasteiger partial charge in [-0.15, -0.1) is 0 Å². The standard InChI is InChI=1S/C26H25NO6/c1-16-23(26(29)31-13-12-30-18-6-3-2-4-7-18)24(25-19(27-16)8-5-9-20(25)28)17-10-11-21-22(14-17)33-15-32-21/h2-4,6-7,10-11,14,24,27H,5,8-9,12-13,15H2,1H3/t24-/m1/s1. The van der Waals surface area contributed by atoms with Crippen molar-refractivity contribution < 1.29 is 28.5 Å². The SMILES string of the molecule is CC1=C(C(=O)OCCOc2ccccc2)[C@@H](c2ccc3c(c2)OCO3)C2=C(CCCC2=O)N1. The molecular weight excluding hydrogens is 422 g/mol. The van der Waals surface area contributed by atoms with Crippen molar-refractivity contribution in [3.63, 3.8) is 0 Å². The molecule has 0 radical (unpaired) electrons. The van der Waals surface area contributed by atoms with Gasteiger partial charge in [-0.05, 0) is 49.6 Å². The van der Waals surface area contributed by atoms with Gasteiger partial charge in [-0.25, -0.2) is 4.79 Å². The third-order valence-electron chi connectivity index (χ3n) is 6.05. The fourth-order valence-electron chi connectivity index (χ4n) is 4.57. The smallest absolute Gasteiger partial charge is 0.336 e. The molecule has 1 atom stereocenters. The molecule has 0 fully saturated rings. The number of carbonyl (C=O) groups is 2. The highest BCUT2D eigenvalue weighted by molar-refractivity contribution is 6.03. The fraction of sp³-hybridized carbons (Fsp3) is 0.308. The van der Waals surface area contributed by atoms with Gasteiger partial charge in [-0.1, -0.05) is 24.3 Å². The molecule has 0 bridgehead atoms. The summed E-state index contributed by atoms with van der Waals surface area (Å²) >= 11 is 0. The summed E-state index contributed by atoms with van der Waals surface area (Å²) in [5.41, 5.74) is 3.45. The van der Waals surface area contributed by atoms with Gasteiger partial charge in [0.2, 0.25) is 6.79 Å². The highest BCUT2D eigenvalue weighted by Crippen LogP contribution is 2.45. The molecule has 7 nitrogen and oxygen atoms in total. The van der Waals surface area contributed by atoms with Crippen LogP contribution in [0.1, 0.15) is 37.7 Å². The maximum atomic E-state index is 13.3. The second kappa shape index (κ2) is 9.02. The Morgan fingerprint density at radius 3 is 2.73 bits per heavy atom. The lowest BCUT2D eigenvalue weighted by molar-refractivity contribution is -0.140. The summed E-state index contributed by atoms with van der Waals surface area (Å²) in [6.07, 6.45) is 2.03. The molecule has 2 heterocycles. The second-order valence-corrected chi connectivity index (χ2v) is 8.18. The zero-order valence-corrected chi connectivity index (χ0v) is 18.4. The first kappa shape index (κ1) is 21.1. The number of ketones is 1. The van der Waals surface area contributed by atoms with E-state index >= 15 is 0 Å². The van der Waals surface area contributed by atoms with Crippen LogP contribution in [0.5, 0.6) is 17.2 Å². The van der Waals surface area contributed by atoms with Crippen LogP contribution < -0.4 is 19.5 Å². The van der Waals surface area contributed by atoms with Gasteiger partial charge < -0.3 is 24.3 Å². The number of ether oxygens (including phenoxy) is 4. The average Bonchev–Trinajstić information content (AvgIpc) is 3.29. The number of allylic oxidation sites excluding steroid dienone is 3. The number of benzene rings is 2. The monoisotopic (exact) mass is 447 g/mol. The van der Waals surface area contributed by atoms with Crippen molar-refractivity contribution >= 4 is 11.8 Å². The average molecular weight is 447 g/mol. The number of hydrogen-bond acceptors (Lipinski definition) is 7. The molecule has 2 aromatic carbocycles. The van der Waals surface area contributed by atoms with Crippen LogP contribution >= 0.6 is 0 Å². The molecule has 5 rings (SSSR count). The van der Waals surface area contributed by atoms with Gasteiger partial charge in [0.15, 0.2) is 17.3 Å². The number of Topliss-reactive ketones (excluding diaryl/α,β-unsaturated/α-hetero) is 1. The van der Waals surface area contributed by atoms with Crippen LogP contribution in [-0.4, -0.2) is 31.8 Å². The summed E-state index contributed by atoms with van der Waals surface area (Å²) in [6.45, 7) is 2.33. The predicted molar refractivity (Wildman–Crippen MR) is 120 cm³/mol. The lowest BCUT2D eigenvalue weighted by Gasteiger charge is -2.34. The Hall–Kier alpha value is -3.74. The van der Waals surface area contributed by atoms with Crippen LogP contribution in [0, 0.1) is 0 Å². The number of esters is 1. The van der Waals surface area contributed by atoms with Crippen LogP contribution in [0.2, 0.25) is 0 Å². The predicted octanol–water partition coefficient (Wildman–Crippen LogP) is 4.01. The van der Waals surface area contributed by atoms with E-state index in [9.17, 15) is 9.59 Å². The first-order valence-electron chi connectivity index (χ1n) is 11.1. The van der Waals surface area contributed by atoms with Gasteiger partial charge in [-0.2, -0.15) is 0 Å². The number of nitrogens with one attached hydrogen (secondary N) is 1. The van der Waals surface area contributed by atoms with Crippen molar-refractivity contribution in [2.45, 2.75) is 32.1 Å². The van der Waals surface area contributed by atoms with E-state index in [0.717, 1.165) is 24.1 Å². The van der Waals surface area contributed by atoms with Crippen LogP contribution in [0.25, 0.3) is 0 Å². The van der Waals surface area contributed by atoms with Crippen molar-refractivity contribution in [2.24, 2.45) is 0 Å². The normalized spacial score (nSPS) is 19.2. The first-order valence-corrected chi connectivity index (χ1v) is 11.1. The molecule has 0 unspecified atom stereocenters. The number of hydrogen-bond donors (Lipinski definition) is 1. The Morgan fingerprint density at radius 2 is 1.88 bits per heavy atom. The third-order valence-corrected chi connectivity index (χ3v) is 6.05. The third kappa shape index (κ3) is 4.18.